The molecule has 0 radical (unpaired) electrons. The van der Waals surface area contributed by atoms with Crippen molar-refractivity contribution >= 4 is 0 Å². The van der Waals surface area contributed by atoms with E-state index < -0.39 is 48.8 Å². The fourth-order valence-electron chi connectivity index (χ4n) is 8.01. The van der Waals surface area contributed by atoms with Crippen molar-refractivity contribution in [2.45, 2.75) is 103 Å². The van der Waals surface area contributed by atoms with E-state index in [1.807, 2.05) is 0 Å². The van der Waals surface area contributed by atoms with Gasteiger partial charge in [-0.3, -0.25) is 0 Å². The molecule has 0 aromatic rings. The molecule has 4 fully saturated rings. The summed E-state index contributed by atoms with van der Waals surface area (Å²) in [6.07, 6.45) is 2.53. The predicted octanol–water partition coefficient (Wildman–Crippen LogP) is 1.99. The van der Waals surface area contributed by atoms with E-state index >= 15 is 0 Å². The van der Waals surface area contributed by atoms with Gasteiger partial charge in [-0.25, -0.2) is 0 Å². The van der Waals surface area contributed by atoms with Crippen LogP contribution in [-0.4, -0.2) is 75.6 Å². The summed E-state index contributed by atoms with van der Waals surface area (Å²) in [4.78, 5) is 0. The minimum Gasteiger partial charge on any atom is -0.394 e. The van der Waals surface area contributed by atoms with Crippen LogP contribution in [0.2, 0.25) is 0 Å². The molecule has 4 rings (SSSR count). The average molecular weight is 469 g/mol. The van der Waals surface area contributed by atoms with Crippen molar-refractivity contribution in [3.63, 3.8) is 0 Å². The molecular weight excluding hydrogens is 424 g/mol. The monoisotopic (exact) mass is 468 g/mol. The molecule has 4 aliphatic rings. The van der Waals surface area contributed by atoms with E-state index in [0.717, 1.165) is 25.7 Å². The van der Waals surface area contributed by atoms with Crippen LogP contribution in [0.25, 0.3) is 0 Å². The van der Waals surface area contributed by atoms with Crippen molar-refractivity contribution in [1.82, 2.24) is 0 Å². The van der Waals surface area contributed by atoms with Crippen LogP contribution in [0.15, 0.2) is 12.7 Å². The largest absolute Gasteiger partial charge is 0.394 e. The smallest absolute Gasteiger partial charge is 0.186 e. The van der Waals surface area contributed by atoms with E-state index in [4.69, 9.17) is 9.47 Å². The normalized spacial score (nSPS) is 54.8. The summed E-state index contributed by atoms with van der Waals surface area (Å²) in [6.45, 7) is 10.6. The topological polar surface area (TPSA) is 120 Å². The molecule has 0 aromatic heterocycles. The molecule has 3 unspecified atom stereocenters. The third-order valence-corrected chi connectivity index (χ3v) is 10.2. The molecule has 7 heteroatoms. The third-order valence-electron chi connectivity index (χ3n) is 10.2. The molecule has 0 bridgehead atoms. The summed E-state index contributed by atoms with van der Waals surface area (Å²) in [5.74, 6) is 1.56. The van der Waals surface area contributed by atoms with Gasteiger partial charge in [0.25, 0.3) is 0 Å². The quantitative estimate of drug-likeness (QED) is 0.392. The Morgan fingerprint density at radius 2 is 1.70 bits per heavy atom. The Hall–Kier alpha value is -0.540. The number of hydrogen-bond acceptors (Lipinski definition) is 7. The first-order valence-corrected chi connectivity index (χ1v) is 12.7. The summed E-state index contributed by atoms with van der Waals surface area (Å²) in [7, 11) is 0. The first-order chi connectivity index (χ1) is 15.5. The standard InChI is InChI=1S/C26H44O7/c1-5-24(2)10-8-16-15(12-24)6-7-18-25(16,3)11-9-19(28)26(18,4)14-32-23-22(31)21(30)20(29)17(13-27)33-23/h5,15-23,27-31H,1,6-14H2,2-4H3/t15?,16?,17-,18?,19+,20-,21-,22+,23-,24+,25-,26-/m1/s1. The number of rotatable bonds is 5. The fourth-order valence-corrected chi connectivity index (χ4v) is 8.01. The van der Waals surface area contributed by atoms with Gasteiger partial charge in [0.2, 0.25) is 0 Å². The summed E-state index contributed by atoms with van der Waals surface area (Å²) in [5, 5.41) is 51.2. The van der Waals surface area contributed by atoms with Crippen LogP contribution >= 0.6 is 0 Å². The Labute approximate surface area is 197 Å². The number of ether oxygens (including phenoxy) is 2. The van der Waals surface area contributed by atoms with E-state index in [1.165, 1.54) is 12.8 Å². The fraction of sp³-hybridized carbons (Fsp3) is 0.923. The molecule has 0 aromatic carbocycles. The number of aliphatic hydroxyl groups is 5. The van der Waals surface area contributed by atoms with Gasteiger partial charge in [0.05, 0.1) is 19.3 Å². The Morgan fingerprint density at radius 1 is 0.970 bits per heavy atom. The van der Waals surface area contributed by atoms with E-state index in [-0.39, 0.29) is 23.4 Å². The number of aliphatic hydroxyl groups excluding tert-OH is 5. The maximum atomic E-state index is 11.2. The zero-order chi connectivity index (χ0) is 24.2. The van der Waals surface area contributed by atoms with Crippen LogP contribution in [0.4, 0.5) is 0 Å². The van der Waals surface area contributed by atoms with Crippen molar-refractivity contribution in [3.05, 3.63) is 12.7 Å². The Balaban J connectivity index is 1.51. The molecule has 3 saturated carbocycles. The highest BCUT2D eigenvalue weighted by Crippen LogP contribution is 2.65. The van der Waals surface area contributed by atoms with E-state index in [0.29, 0.717) is 18.3 Å². The lowest BCUT2D eigenvalue weighted by atomic mass is 9.42. The van der Waals surface area contributed by atoms with Gasteiger partial charge in [0.15, 0.2) is 6.29 Å². The van der Waals surface area contributed by atoms with Gasteiger partial charge in [0, 0.05) is 5.41 Å². The molecule has 0 spiro atoms. The number of fused-ring (bicyclic) bond motifs is 3. The highest BCUT2D eigenvalue weighted by Gasteiger charge is 2.60. The van der Waals surface area contributed by atoms with Gasteiger partial charge in [0.1, 0.15) is 24.4 Å². The first kappa shape index (κ1) is 25.5. The highest BCUT2D eigenvalue weighted by atomic mass is 16.7. The van der Waals surface area contributed by atoms with Crippen LogP contribution in [0.5, 0.6) is 0 Å². The maximum absolute atomic E-state index is 11.2. The molecule has 33 heavy (non-hydrogen) atoms. The summed E-state index contributed by atoms with van der Waals surface area (Å²) >= 11 is 0. The minimum absolute atomic E-state index is 0.109. The minimum atomic E-state index is -1.47. The van der Waals surface area contributed by atoms with Gasteiger partial charge in [-0.15, -0.1) is 6.58 Å². The van der Waals surface area contributed by atoms with Crippen LogP contribution in [0.1, 0.15) is 65.7 Å². The molecule has 7 nitrogen and oxygen atoms in total. The van der Waals surface area contributed by atoms with E-state index in [1.54, 1.807) is 0 Å². The van der Waals surface area contributed by atoms with Crippen molar-refractivity contribution < 1.29 is 35.0 Å². The van der Waals surface area contributed by atoms with Crippen LogP contribution < -0.4 is 0 Å². The second kappa shape index (κ2) is 9.16. The van der Waals surface area contributed by atoms with Crippen molar-refractivity contribution in [2.24, 2.45) is 34.0 Å². The lowest BCUT2D eigenvalue weighted by Crippen LogP contribution is -2.62. The maximum Gasteiger partial charge on any atom is 0.186 e. The Kier molecular flexibility index (Phi) is 7.09. The molecule has 190 valence electrons. The molecule has 3 aliphatic carbocycles. The van der Waals surface area contributed by atoms with Crippen molar-refractivity contribution in [1.29, 1.82) is 0 Å². The highest BCUT2D eigenvalue weighted by molar-refractivity contribution is 5.10. The van der Waals surface area contributed by atoms with Gasteiger partial charge in [-0.1, -0.05) is 26.8 Å². The SMILES string of the molecule is C=C[C@@]1(C)CCC2C(CCC3[C@]2(C)CC[C@H](O)[C@]3(C)CO[C@@H]2O[C@H](CO)[C@@H](O)[C@@H](O)[C@@H]2O)C1. The first-order valence-electron chi connectivity index (χ1n) is 12.7. The van der Waals surface area contributed by atoms with E-state index in [9.17, 15) is 25.5 Å². The number of hydrogen-bond donors (Lipinski definition) is 5. The average Bonchev–Trinajstić information content (AvgIpc) is 2.80. The predicted molar refractivity (Wildman–Crippen MR) is 123 cm³/mol. The number of allylic oxidation sites excluding steroid dienone is 1. The van der Waals surface area contributed by atoms with Crippen LogP contribution in [0.3, 0.4) is 0 Å². The van der Waals surface area contributed by atoms with Crippen LogP contribution in [-0.2, 0) is 9.47 Å². The zero-order valence-corrected chi connectivity index (χ0v) is 20.4. The third kappa shape index (κ3) is 4.22. The Bertz CT molecular complexity index is 715. The molecule has 12 atom stereocenters. The van der Waals surface area contributed by atoms with Gasteiger partial charge >= 0.3 is 0 Å². The van der Waals surface area contributed by atoms with Crippen molar-refractivity contribution in [3.8, 4) is 0 Å². The molecular formula is C26H44O7. The lowest BCUT2D eigenvalue weighted by Gasteiger charge is -2.63. The summed E-state index contributed by atoms with van der Waals surface area (Å²) in [6, 6.07) is 0. The second-order valence-corrected chi connectivity index (χ2v) is 12.2. The molecule has 0 amide bonds. The van der Waals surface area contributed by atoms with Crippen LogP contribution in [0, 0.1) is 34.0 Å². The zero-order valence-electron chi connectivity index (χ0n) is 20.4. The lowest BCUT2D eigenvalue weighted by molar-refractivity contribution is -0.314. The molecule has 1 aliphatic heterocycles. The molecule has 5 N–H and O–H groups in total. The van der Waals surface area contributed by atoms with Gasteiger partial charge in [-0.2, -0.15) is 0 Å². The van der Waals surface area contributed by atoms with Crippen molar-refractivity contribution in [2.75, 3.05) is 13.2 Å². The summed E-state index contributed by atoms with van der Waals surface area (Å²) in [5.41, 5.74) is -0.192. The second-order valence-electron chi connectivity index (χ2n) is 12.2. The summed E-state index contributed by atoms with van der Waals surface area (Å²) < 4.78 is 11.6. The van der Waals surface area contributed by atoms with Gasteiger partial charge < -0.3 is 35.0 Å². The molecule has 1 heterocycles. The van der Waals surface area contributed by atoms with Gasteiger partial charge in [-0.05, 0) is 73.5 Å². The Morgan fingerprint density at radius 3 is 2.36 bits per heavy atom. The molecule has 1 saturated heterocycles. The van der Waals surface area contributed by atoms with E-state index in [2.05, 4.69) is 33.4 Å².